The van der Waals surface area contributed by atoms with Gasteiger partial charge in [0.2, 0.25) is 10.0 Å². The summed E-state index contributed by atoms with van der Waals surface area (Å²) in [5.74, 6) is -1.45. The Morgan fingerprint density at radius 3 is 2.36 bits per heavy atom. The topological polar surface area (TPSA) is 98.5 Å². The van der Waals surface area contributed by atoms with Gasteiger partial charge >= 0.3 is 12.1 Å². The molecule has 0 saturated heterocycles. The van der Waals surface area contributed by atoms with Crippen molar-refractivity contribution in [2.75, 3.05) is 7.05 Å². The second kappa shape index (κ2) is 5.94. The summed E-state index contributed by atoms with van der Waals surface area (Å²) in [5, 5.41) is 17.5. The Bertz CT molecular complexity index is 738. The maximum Gasteiger partial charge on any atom is 0.417 e. The van der Waals surface area contributed by atoms with Crippen LogP contribution in [0.1, 0.15) is 18.1 Å². The van der Waals surface area contributed by atoms with Crippen molar-refractivity contribution in [3.8, 4) is 6.07 Å². The molecule has 0 heterocycles. The Morgan fingerprint density at radius 1 is 1.41 bits per heavy atom. The van der Waals surface area contributed by atoms with E-state index in [2.05, 4.69) is 0 Å². The molecule has 0 bridgehead atoms. The standard InChI is InChI=1S/C12H11F3N2O4S/c1-7(11(18)19)17(2)22(20,21)9-4-3-8(6-16)10(5-9)12(13,14)15/h3-5,7H,1-2H3,(H,18,19). The lowest BCUT2D eigenvalue weighted by molar-refractivity contribution is -0.140. The minimum Gasteiger partial charge on any atom is -0.480 e. The Labute approximate surface area is 124 Å². The van der Waals surface area contributed by atoms with Crippen molar-refractivity contribution in [2.24, 2.45) is 0 Å². The highest BCUT2D eigenvalue weighted by atomic mass is 32.2. The summed E-state index contributed by atoms with van der Waals surface area (Å²) in [5.41, 5.74) is -2.12. The highest BCUT2D eigenvalue weighted by molar-refractivity contribution is 7.89. The number of hydrogen-bond donors (Lipinski definition) is 1. The van der Waals surface area contributed by atoms with Gasteiger partial charge in [0, 0.05) is 7.05 Å². The van der Waals surface area contributed by atoms with Crippen molar-refractivity contribution in [1.29, 1.82) is 5.26 Å². The van der Waals surface area contributed by atoms with Crippen LogP contribution in [0.25, 0.3) is 0 Å². The fourth-order valence-electron chi connectivity index (χ4n) is 1.55. The Kier molecular flexibility index (Phi) is 4.84. The van der Waals surface area contributed by atoms with Gasteiger partial charge in [0.05, 0.1) is 22.1 Å². The molecule has 1 atom stereocenters. The molecule has 0 spiro atoms. The molecule has 6 nitrogen and oxygen atoms in total. The van der Waals surface area contributed by atoms with Crippen LogP contribution in [-0.4, -0.2) is 36.9 Å². The summed E-state index contributed by atoms with van der Waals surface area (Å²) in [4.78, 5) is 10.1. The van der Waals surface area contributed by atoms with E-state index >= 15 is 0 Å². The summed E-state index contributed by atoms with van der Waals surface area (Å²) in [7, 11) is -3.50. The molecule has 0 amide bonds. The van der Waals surface area contributed by atoms with Crippen molar-refractivity contribution in [3.05, 3.63) is 29.3 Å². The van der Waals surface area contributed by atoms with E-state index in [1.165, 1.54) is 6.07 Å². The van der Waals surface area contributed by atoms with Crippen LogP contribution in [0, 0.1) is 11.3 Å². The van der Waals surface area contributed by atoms with Gasteiger partial charge in [0.25, 0.3) is 0 Å². The molecule has 0 saturated carbocycles. The first-order valence-electron chi connectivity index (χ1n) is 5.75. The summed E-state index contributed by atoms with van der Waals surface area (Å²) in [6.45, 7) is 1.08. The molecule has 1 aromatic carbocycles. The minimum atomic E-state index is -4.91. The number of nitriles is 1. The highest BCUT2D eigenvalue weighted by Crippen LogP contribution is 2.33. The molecular formula is C12H11F3N2O4S. The number of aliphatic carboxylic acids is 1. The van der Waals surface area contributed by atoms with Gasteiger partial charge in [-0.3, -0.25) is 4.79 Å². The lowest BCUT2D eigenvalue weighted by atomic mass is 10.1. The molecule has 0 radical (unpaired) electrons. The van der Waals surface area contributed by atoms with Gasteiger partial charge in [-0.1, -0.05) is 0 Å². The third-order valence-electron chi connectivity index (χ3n) is 3.00. The third kappa shape index (κ3) is 3.37. The fourth-order valence-corrected chi connectivity index (χ4v) is 2.89. The van der Waals surface area contributed by atoms with Gasteiger partial charge in [-0.05, 0) is 25.1 Å². The lowest BCUT2D eigenvalue weighted by Crippen LogP contribution is -2.40. The number of nitrogens with zero attached hydrogens (tertiary/aromatic N) is 2. The molecule has 1 rings (SSSR count). The summed E-state index contributed by atoms with van der Waals surface area (Å²) < 4.78 is 63.3. The average molecular weight is 336 g/mol. The van der Waals surface area contributed by atoms with E-state index in [-0.39, 0.29) is 0 Å². The molecule has 0 aliphatic rings. The van der Waals surface area contributed by atoms with E-state index in [4.69, 9.17) is 10.4 Å². The first kappa shape index (κ1) is 17.9. The molecule has 0 aromatic heterocycles. The van der Waals surface area contributed by atoms with Gasteiger partial charge in [-0.2, -0.15) is 22.7 Å². The molecule has 1 unspecified atom stereocenters. The van der Waals surface area contributed by atoms with Crippen LogP contribution in [0.2, 0.25) is 0 Å². The number of carboxylic acid groups (broad SMARTS) is 1. The van der Waals surface area contributed by atoms with Crippen molar-refractivity contribution < 1.29 is 31.5 Å². The maximum absolute atomic E-state index is 12.8. The van der Waals surface area contributed by atoms with Crippen LogP contribution in [-0.2, 0) is 21.0 Å². The first-order chi connectivity index (χ1) is 9.92. The Hall–Kier alpha value is -2.12. The lowest BCUT2D eigenvalue weighted by Gasteiger charge is -2.21. The SMILES string of the molecule is CC(C(=O)O)N(C)S(=O)(=O)c1ccc(C#N)c(C(F)(F)F)c1. The van der Waals surface area contributed by atoms with Crippen LogP contribution in [0.4, 0.5) is 13.2 Å². The number of carboxylic acids is 1. The fraction of sp³-hybridized carbons (Fsp3) is 0.333. The molecule has 1 N–H and O–H groups in total. The normalized spacial score (nSPS) is 13.7. The van der Waals surface area contributed by atoms with Crippen LogP contribution in [0.5, 0.6) is 0 Å². The molecule has 1 aromatic rings. The first-order valence-corrected chi connectivity index (χ1v) is 7.19. The predicted molar refractivity (Wildman–Crippen MR) is 68.2 cm³/mol. The van der Waals surface area contributed by atoms with E-state index < -0.39 is 44.2 Å². The number of rotatable bonds is 4. The zero-order valence-corrected chi connectivity index (χ0v) is 12.2. The van der Waals surface area contributed by atoms with Gasteiger partial charge in [0.1, 0.15) is 6.04 Å². The van der Waals surface area contributed by atoms with Crippen LogP contribution in [0.3, 0.4) is 0 Å². The van der Waals surface area contributed by atoms with Crippen molar-refractivity contribution >= 4 is 16.0 Å². The Balaban J connectivity index is 3.46. The maximum atomic E-state index is 12.8. The number of alkyl halides is 3. The average Bonchev–Trinajstić information content (AvgIpc) is 2.43. The van der Waals surface area contributed by atoms with E-state index in [0.29, 0.717) is 10.4 Å². The zero-order chi connectivity index (χ0) is 17.3. The van der Waals surface area contributed by atoms with Crippen molar-refractivity contribution in [1.82, 2.24) is 4.31 Å². The van der Waals surface area contributed by atoms with Crippen LogP contribution >= 0.6 is 0 Å². The van der Waals surface area contributed by atoms with E-state index in [1.807, 2.05) is 0 Å². The summed E-state index contributed by atoms with van der Waals surface area (Å²) in [6, 6.07) is 1.74. The number of halogens is 3. The smallest absolute Gasteiger partial charge is 0.417 e. The number of benzene rings is 1. The van der Waals surface area contributed by atoms with E-state index in [1.54, 1.807) is 0 Å². The monoisotopic (exact) mass is 336 g/mol. The largest absolute Gasteiger partial charge is 0.480 e. The third-order valence-corrected chi connectivity index (χ3v) is 4.92. The second-order valence-electron chi connectivity index (χ2n) is 4.35. The van der Waals surface area contributed by atoms with Gasteiger partial charge in [-0.15, -0.1) is 0 Å². The number of likely N-dealkylation sites (N-methyl/N-ethyl adjacent to an activating group) is 1. The van der Waals surface area contributed by atoms with Crippen molar-refractivity contribution in [3.63, 3.8) is 0 Å². The van der Waals surface area contributed by atoms with Crippen LogP contribution < -0.4 is 0 Å². The minimum absolute atomic E-state index is 0.318. The molecule has 0 aliphatic carbocycles. The summed E-state index contributed by atoms with van der Waals surface area (Å²) >= 11 is 0. The van der Waals surface area contributed by atoms with Gasteiger partial charge in [0.15, 0.2) is 0 Å². The summed E-state index contributed by atoms with van der Waals surface area (Å²) in [6.07, 6.45) is -4.91. The van der Waals surface area contributed by atoms with Crippen LogP contribution in [0.15, 0.2) is 23.1 Å². The van der Waals surface area contributed by atoms with Crippen molar-refractivity contribution in [2.45, 2.75) is 24.0 Å². The van der Waals surface area contributed by atoms with E-state index in [9.17, 15) is 26.4 Å². The number of sulfonamides is 1. The van der Waals surface area contributed by atoms with Gasteiger partial charge < -0.3 is 5.11 Å². The zero-order valence-electron chi connectivity index (χ0n) is 11.4. The number of hydrogen-bond acceptors (Lipinski definition) is 4. The quantitative estimate of drug-likeness (QED) is 0.902. The van der Waals surface area contributed by atoms with E-state index in [0.717, 1.165) is 26.1 Å². The molecule has 10 heteroatoms. The molecular weight excluding hydrogens is 325 g/mol. The Morgan fingerprint density at radius 2 is 1.95 bits per heavy atom. The highest BCUT2D eigenvalue weighted by Gasteiger charge is 2.36. The second-order valence-corrected chi connectivity index (χ2v) is 6.35. The molecule has 0 fully saturated rings. The molecule has 0 aliphatic heterocycles. The predicted octanol–water partition coefficient (Wildman–Crippen LogP) is 1.67. The number of carbonyl (C=O) groups is 1. The molecule has 22 heavy (non-hydrogen) atoms. The molecule has 120 valence electrons. The van der Waals surface area contributed by atoms with Gasteiger partial charge in [-0.25, -0.2) is 8.42 Å².